The number of hydrogen-bond donors (Lipinski definition) is 2. The minimum Gasteiger partial charge on any atom is -0.391 e. The third kappa shape index (κ3) is 3.28. The molecule has 0 bridgehead atoms. The summed E-state index contributed by atoms with van der Waals surface area (Å²) < 4.78 is 0. The zero-order valence-electron chi connectivity index (χ0n) is 8.87. The third-order valence-electron chi connectivity index (χ3n) is 3.07. The van der Waals surface area contributed by atoms with Crippen LogP contribution in [0.3, 0.4) is 0 Å². The standard InChI is InChI=1S/C11H23NO/c1-8(2)7-10(12)11(13)9-5-3-4-6-9/h8-11,13H,3-7,12H2,1-2H3. The van der Waals surface area contributed by atoms with E-state index in [0.717, 1.165) is 6.42 Å². The lowest BCUT2D eigenvalue weighted by Gasteiger charge is -2.25. The lowest BCUT2D eigenvalue weighted by molar-refractivity contribution is 0.0773. The van der Waals surface area contributed by atoms with Crippen molar-refractivity contribution in [2.24, 2.45) is 17.6 Å². The Labute approximate surface area is 81.5 Å². The summed E-state index contributed by atoms with van der Waals surface area (Å²) in [6.07, 6.45) is 5.58. The molecule has 0 aromatic carbocycles. The van der Waals surface area contributed by atoms with Gasteiger partial charge in [-0.25, -0.2) is 0 Å². The van der Waals surface area contributed by atoms with Crippen molar-refractivity contribution in [3.05, 3.63) is 0 Å². The van der Waals surface area contributed by atoms with Crippen LogP contribution >= 0.6 is 0 Å². The molecule has 0 aromatic rings. The van der Waals surface area contributed by atoms with E-state index in [1.54, 1.807) is 0 Å². The van der Waals surface area contributed by atoms with Crippen LogP contribution in [0.2, 0.25) is 0 Å². The zero-order valence-corrected chi connectivity index (χ0v) is 8.87. The molecule has 0 amide bonds. The maximum absolute atomic E-state index is 9.94. The van der Waals surface area contributed by atoms with Crippen LogP contribution in [0.25, 0.3) is 0 Å². The molecule has 0 saturated heterocycles. The van der Waals surface area contributed by atoms with E-state index in [0.29, 0.717) is 11.8 Å². The summed E-state index contributed by atoms with van der Waals surface area (Å²) in [4.78, 5) is 0. The van der Waals surface area contributed by atoms with E-state index < -0.39 is 0 Å². The SMILES string of the molecule is CC(C)CC(N)C(O)C1CCCC1. The van der Waals surface area contributed by atoms with E-state index in [1.165, 1.54) is 25.7 Å². The van der Waals surface area contributed by atoms with E-state index in [1.807, 2.05) is 0 Å². The summed E-state index contributed by atoms with van der Waals surface area (Å²) in [7, 11) is 0. The van der Waals surface area contributed by atoms with Gasteiger partial charge in [0, 0.05) is 6.04 Å². The van der Waals surface area contributed by atoms with Gasteiger partial charge in [-0.05, 0) is 31.1 Å². The van der Waals surface area contributed by atoms with Crippen molar-refractivity contribution in [3.63, 3.8) is 0 Å². The van der Waals surface area contributed by atoms with Crippen LogP contribution in [-0.2, 0) is 0 Å². The molecule has 1 aliphatic rings. The van der Waals surface area contributed by atoms with Crippen LogP contribution in [0.4, 0.5) is 0 Å². The highest BCUT2D eigenvalue weighted by Gasteiger charge is 2.27. The van der Waals surface area contributed by atoms with Gasteiger partial charge in [-0.1, -0.05) is 26.7 Å². The molecule has 0 radical (unpaired) electrons. The predicted octanol–water partition coefficient (Wildman–Crippen LogP) is 1.91. The monoisotopic (exact) mass is 185 g/mol. The van der Waals surface area contributed by atoms with E-state index in [-0.39, 0.29) is 12.1 Å². The van der Waals surface area contributed by atoms with Gasteiger partial charge in [-0.3, -0.25) is 0 Å². The lowest BCUT2D eigenvalue weighted by Crippen LogP contribution is -2.40. The molecule has 0 spiro atoms. The van der Waals surface area contributed by atoms with Crippen LogP contribution in [0.5, 0.6) is 0 Å². The highest BCUT2D eigenvalue weighted by Crippen LogP contribution is 2.29. The number of aliphatic hydroxyl groups is 1. The first-order chi connectivity index (χ1) is 6.11. The van der Waals surface area contributed by atoms with E-state index in [9.17, 15) is 5.11 Å². The van der Waals surface area contributed by atoms with Crippen molar-refractivity contribution < 1.29 is 5.11 Å². The van der Waals surface area contributed by atoms with Crippen molar-refractivity contribution in [2.75, 3.05) is 0 Å². The van der Waals surface area contributed by atoms with E-state index in [4.69, 9.17) is 5.73 Å². The average Bonchev–Trinajstić information content (AvgIpc) is 2.53. The second-order valence-corrected chi connectivity index (χ2v) is 4.83. The Kier molecular flexibility index (Phi) is 4.20. The maximum Gasteiger partial charge on any atom is 0.0719 e. The zero-order chi connectivity index (χ0) is 9.84. The van der Waals surface area contributed by atoms with Crippen LogP contribution in [0, 0.1) is 11.8 Å². The Hall–Kier alpha value is -0.0800. The molecule has 78 valence electrons. The second-order valence-electron chi connectivity index (χ2n) is 4.83. The van der Waals surface area contributed by atoms with Gasteiger partial charge in [0.2, 0.25) is 0 Å². The molecule has 0 aromatic heterocycles. The van der Waals surface area contributed by atoms with Gasteiger partial charge in [0.15, 0.2) is 0 Å². The fraction of sp³-hybridized carbons (Fsp3) is 1.00. The van der Waals surface area contributed by atoms with Gasteiger partial charge >= 0.3 is 0 Å². The normalized spacial score (nSPS) is 23.8. The topological polar surface area (TPSA) is 46.2 Å². The number of rotatable bonds is 4. The van der Waals surface area contributed by atoms with Gasteiger partial charge < -0.3 is 10.8 Å². The predicted molar refractivity (Wildman–Crippen MR) is 55.4 cm³/mol. The highest BCUT2D eigenvalue weighted by molar-refractivity contribution is 4.82. The van der Waals surface area contributed by atoms with Crippen LogP contribution in [0.15, 0.2) is 0 Å². The molecular weight excluding hydrogens is 162 g/mol. The van der Waals surface area contributed by atoms with E-state index >= 15 is 0 Å². The first kappa shape index (κ1) is 11.0. The molecule has 2 atom stereocenters. The summed E-state index contributed by atoms with van der Waals surface area (Å²) in [6.45, 7) is 4.31. The highest BCUT2D eigenvalue weighted by atomic mass is 16.3. The quantitative estimate of drug-likeness (QED) is 0.703. The minimum absolute atomic E-state index is 0.0110. The fourth-order valence-corrected chi connectivity index (χ4v) is 2.33. The molecule has 2 heteroatoms. The summed E-state index contributed by atoms with van der Waals surface area (Å²) in [5, 5.41) is 9.94. The molecule has 0 aliphatic heterocycles. The molecule has 2 unspecified atom stereocenters. The summed E-state index contributed by atoms with van der Waals surface area (Å²) in [5.41, 5.74) is 5.95. The van der Waals surface area contributed by atoms with Crippen LogP contribution < -0.4 is 5.73 Å². The summed E-state index contributed by atoms with van der Waals surface area (Å²) in [5.74, 6) is 1.07. The molecule has 2 nitrogen and oxygen atoms in total. The Balaban J connectivity index is 2.31. The first-order valence-corrected chi connectivity index (χ1v) is 5.55. The lowest BCUT2D eigenvalue weighted by atomic mass is 9.90. The Morgan fingerprint density at radius 2 is 1.85 bits per heavy atom. The summed E-state index contributed by atoms with van der Waals surface area (Å²) >= 11 is 0. The average molecular weight is 185 g/mol. The number of hydrogen-bond acceptors (Lipinski definition) is 2. The van der Waals surface area contributed by atoms with E-state index in [2.05, 4.69) is 13.8 Å². The van der Waals surface area contributed by atoms with Crippen molar-refractivity contribution in [1.29, 1.82) is 0 Å². The number of nitrogens with two attached hydrogens (primary N) is 1. The largest absolute Gasteiger partial charge is 0.391 e. The second kappa shape index (κ2) is 4.97. The fourth-order valence-electron chi connectivity index (χ4n) is 2.33. The third-order valence-corrected chi connectivity index (χ3v) is 3.07. The molecule has 1 fully saturated rings. The molecule has 1 rings (SSSR count). The summed E-state index contributed by atoms with van der Waals surface area (Å²) in [6, 6.07) is -0.0110. The smallest absolute Gasteiger partial charge is 0.0719 e. The molecule has 1 saturated carbocycles. The Morgan fingerprint density at radius 1 is 1.31 bits per heavy atom. The molecule has 3 N–H and O–H groups in total. The van der Waals surface area contributed by atoms with Gasteiger partial charge in [0.1, 0.15) is 0 Å². The minimum atomic E-state index is -0.259. The molecule has 0 heterocycles. The van der Waals surface area contributed by atoms with Gasteiger partial charge in [0.05, 0.1) is 6.10 Å². The van der Waals surface area contributed by atoms with Gasteiger partial charge in [-0.2, -0.15) is 0 Å². The first-order valence-electron chi connectivity index (χ1n) is 5.55. The molecular formula is C11H23NO. The Bertz CT molecular complexity index is 141. The van der Waals surface area contributed by atoms with Crippen LogP contribution in [-0.4, -0.2) is 17.3 Å². The van der Waals surface area contributed by atoms with Crippen molar-refractivity contribution >= 4 is 0 Å². The molecule has 1 aliphatic carbocycles. The van der Waals surface area contributed by atoms with Gasteiger partial charge in [-0.15, -0.1) is 0 Å². The van der Waals surface area contributed by atoms with Crippen molar-refractivity contribution in [1.82, 2.24) is 0 Å². The van der Waals surface area contributed by atoms with Crippen molar-refractivity contribution in [2.45, 2.75) is 58.1 Å². The molecule has 13 heavy (non-hydrogen) atoms. The Morgan fingerprint density at radius 3 is 2.31 bits per heavy atom. The van der Waals surface area contributed by atoms with Crippen LogP contribution in [0.1, 0.15) is 46.0 Å². The van der Waals surface area contributed by atoms with Crippen molar-refractivity contribution in [3.8, 4) is 0 Å². The maximum atomic E-state index is 9.94. The number of aliphatic hydroxyl groups excluding tert-OH is 1. The van der Waals surface area contributed by atoms with Gasteiger partial charge in [0.25, 0.3) is 0 Å².